The second kappa shape index (κ2) is 10.1. The number of aliphatic imine (C=N–C) groups is 1. The fourth-order valence-electron chi connectivity index (χ4n) is 3.60. The van der Waals surface area contributed by atoms with E-state index in [2.05, 4.69) is 44.9 Å². The molecule has 0 unspecified atom stereocenters. The Morgan fingerprint density at radius 2 is 1.83 bits per heavy atom. The number of benzene rings is 2. The topological polar surface area (TPSA) is 54.2 Å². The van der Waals surface area contributed by atoms with Gasteiger partial charge in [-0.1, -0.05) is 42.5 Å². The lowest BCUT2D eigenvalue weighted by Crippen LogP contribution is -2.41. The first kappa shape index (κ1) is 22.3. The smallest absolute Gasteiger partial charge is 0.191 e. The van der Waals surface area contributed by atoms with Gasteiger partial charge in [0, 0.05) is 44.5 Å². The number of aromatic nitrogens is 2. The Balaban J connectivity index is 0.00000256. The molecule has 1 aliphatic rings. The van der Waals surface area contributed by atoms with Crippen LogP contribution in [0.4, 0.5) is 4.39 Å². The molecule has 158 valence electrons. The van der Waals surface area contributed by atoms with Gasteiger partial charge in [-0.2, -0.15) is 0 Å². The monoisotopic (exact) mass is 519 g/mol. The summed E-state index contributed by atoms with van der Waals surface area (Å²) in [6, 6.07) is 15.6. The van der Waals surface area contributed by atoms with Gasteiger partial charge in [0.25, 0.3) is 0 Å². The van der Waals surface area contributed by atoms with Crippen molar-refractivity contribution >= 4 is 29.9 Å². The molecule has 1 fully saturated rings. The molecule has 0 saturated heterocycles. The highest BCUT2D eigenvalue weighted by atomic mass is 127. The van der Waals surface area contributed by atoms with E-state index in [1.807, 2.05) is 29.2 Å². The van der Waals surface area contributed by atoms with Crippen molar-refractivity contribution in [1.29, 1.82) is 0 Å². The molecular weight excluding hydrogens is 492 g/mol. The minimum absolute atomic E-state index is 0. The maximum atomic E-state index is 14.2. The van der Waals surface area contributed by atoms with Crippen LogP contribution in [0, 0.1) is 5.82 Å². The van der Waals surface area contributed by atoms with Crippen molar-refractivity contribution in [2.75, 3.05) is 13.6 Å². The highest BCUT2D eigenvalue weighted by Crippen LogP contribution is 2.48. The van der Waals surface area contributed by atoms with Gasteiger partial charge >= 0.3 is 0 Å². The third kappa shape index (κ3) is 5.38. The molecule has 0 aliphatic heterocycles. The largest absolute Gasteiger partial charge is 0.356 e. The highest BCUT2D eigenvalue weighted by molar-refractivity contribution is 14.0. The predicted molar refractivity (Wildman–Crippen MR) is 129 cm³/mol. The molecule has 2 N–H and O–H groups in total. The number of imidazole rings is 1. The van der Waals surface area contributed by atoms with Gasteiger partial charge in [-0.15, -0.1) is 24.0 Å². The molecule has 1 aromatic heterocycles. The van der Waals surface area contributed by atoms with E-state index in [0.29, 0.717) is 13.1 Å². The van der Waals surface area contributed by atoms with Gasteiger partial charge in [0.1, 0.15) is 5.82 Å². The molecule has 1 saturated carbocycles. The van der Waals surface area contributed by atoms with Crippen LogP contribution in [-0.4, -0.2) is 29.1 Å². The average Bonchev–Trinajstić information content (AvgIpc) is 3.35. The summed E-state index contributed by atoms with van der Waals surface area (Å²) in [6.45, 7) is 2.17. The molecule has 7 heteroatoms. The summed E-state index contributed by atoms with van der Waals surface area (Å²) in [7, 11) is 1.76. The van der Waals surface area contributed by atoms with Gasteiger partial charge in [0.05, 0.1) is 6.33 Å². The Morgan fingerprint density at radius 3 is 2.47 bits per heavy atom. The molecule has 0 bridgehead atoms. The first-order valence-electron chi connectivity index (χ1n) is 9.92. The summed E-state index contributed by atoms with van der Waals surface area (Å²) in [6.07, 6.45) is 7.56. The van der Waals surface area contributed by atoms with Crippen LogP contribution in [-0.2, 0) is 18.5 Å². The number of guanidine groups is 1. The van der Waals surface area contributed by atoms with Crippen molar-refractivity contribution in [2.45, 2.75) is 31.3 Å². The second-order valence-corrected chi connectivity index (χ2v) is 7.59. The fourth-order valence-corrected chi connectivity index (χ4v) is 3.60. The van der Waals surface area contributed by atoms with E-state index in [-0.39, 0.29) is 35.2 Å². The van der Waals surface area contributed by atoms with Gasteiger partial charge in [-0.3, -0.25) is 4.99 Å². The Hall–Kier alpha value is -2.42. The quantitative estimate of drug-likeness (QED) is 0.281. The van der Waals surface area contributed by atoms with E-state index in [4.69, 9.17) is 0 Å². The SMILES string of the molecule is CN=C(NCc1ccc(Cn2ccnc2)cc1)NCC1(c2ccccc2F)CC1.I. The van der Waals surface area contributed by atoms with Crippen LogP contribution in [0.5, 0.6) is 0 Å². The van der Waals surface area contributed by atoms with Gasteiger partial charge in [-0.25, -0.2) is 9.37 Å². The van der Waals surface area contributed by atoms with Crippen LogP contribution in [0.3, 0.4) is 0 Å². The van der Waals surface area contributed by atoms with Crippen molar-refractivity contribution in [3.63, 3.8) is 0 Å². The van der Waals surface area contributed by atoms with E-state index in [0.717, 1.165) is 30.9 Å². The molecule has 1 aliphatic carbocycles. The van der Waals surface area contributed by atoms with Gasteiger partial charge in [0.15, 0.2) is 5.96 Å². The van der Waals surface area contributed by atoms with Crippen LogP contribution in [0.25, 0.3) is 0 Å². The van der Waals surface area contributed by atoms with Gasteiger partial charge < -0.3 is 15.2 Å². The number of hydrogen-bond donors (Lipinski definition) is 2. The molecule has 0 radical (unpaired) electrons. The molecule has 0 amide bonds. The summed E-state index contributed by atoms with van der Waals surface area (Å²) in [5.74, 6) is 0.612. The number of rotatable bonds is 7. The van der Waals surface area contributed by atoms with Gasteiger partial charge in [-0.05, 0) is 35.6 Å². The molecule has 0 spiro atoms. The van der Waals surface area contributed by atoms with Crippen molar-refractivity contribution in [3.8, 4) is 0 Å². The summed E-state index contributed by atoms with van der Waals surface area (Å²) < 4.78 is 16.2. The van der Waals surface area contributed by atoms with Crippen molar-refractivity contribution < 1.29 is 4.39 Å². The third-order valence-electron chi connectivity index (χ3n) is 5.52. The van der Waals surface area contributed by atoms with E-state index < -0.39 is 0 Å². The third-order valence-corrected chi connectivity index (χ3v) is 5.52. The van der Waals surface area contributed by atoms with E-state index in [9.17, 15) is 4.39 Å². The van der Waals surface area contributed by atoms with Gasteiger partial charge in [0.2, 0.25) is 0 Å². The number of nitrogens with zero attached hydrogens (tertiary/aromatic N) is 3. The van der Waals surface area contributed by atoms with E-state index in [1.165, 1.54) is 11.1 Å². The molecule has 1 heterocycles. The first-order valence-corrected chi connectivity index (χ1v) is 9.92. The summed E-state index contributed by atoms with van der Waals surface area (Å²) in [5, 5.41) is 6.72. The Morgan fingerprint density at radius 1 is 1.10 bits per heavy atom. The molecule has 30 heavy (non-hydrogen) atoms. The number of nitrogens with one attached hydrogen (secondary N) is 2. The first-order chi connectivity index (χ1) is 14.2. The zero-order chi connectivity index (χ0) is 20.1. The lowest BCUT2D eigenvalue weighted by molar-refractivity contribution is 0.559. The fraction of sp³-hybridized carbons (Fsp3) is 0.304. The number of halogens is 2. The van der Waals surface area contributed by atoms with Crippen LogP contribution in [0.15, 0.2) is 72.2 Å². The normalized spacial score (nSPS) is 14.7. The zero-order valence-electron chi connectivity index (χ0n) is 17.0. The maximum Gasteiger partial charge on any atom is 0.191 e. The summed E-state index contributed by atoms with van der Waals surface area (Å²) >= 11 is 0. The minimum Gasteiger partial charge on any atom is -0.356 e. The van der Waals surface area contributed by atoms with Crippen molar-refractivity contribution in [2.24, 2.45) is 4.99 Å². The lowest BCUT2D eigenvalue weighted by Gasteiger charge is -2.19. The zero-order valence-corrected chi connectivity index (χ0v) is 19.3. The minimum atomic E-state index is -0.120. The molecule has 5 nitrogen and oxygen atoms in total. The predicted octanol–water partition coefficient (Wildman–Crippen LogP) is 4.09. The maximum absolute atomic E-state index is 14.2. The van der Waals surface area contributed by atoms with E-state index in [1.54, 1.807) is 25.4 Å². The Bertz CT molecular complexity index is 966. The molecule has 0 atom stereocenters. The molecular formula is C23H27FIN5. The Kier molecular flexibility index (Phi) is 7.47. The van der Waals surface area contributed by atoms with Crippen LogP contribution in [0.1, 0.15) is 29.5 Å². The van der Waals surface area contributed by atoms with Crippen LogP contribution in [0.2, 0.25) is 0 Å². The van der Waals surface area contributed by atoms with Crippen LogP contribution >= 0.6 is 24.0 Å². The molecule has 2 aromatic carbocycles. The Labute approximate surface area is 193 Å². The standard InChI is InChI=1S/C23H26FN5.HI/c1-25-22(28-16-23(10-11-23)20-4-2-3-5-21(20)24)27-14-18-6-8-19(9-7-18)15-29-13-12-26-17-29;/h2-9,12-13,17H,10-11,14-16H2,1H3,(H2,25,27,28);1H. The average molecular weight is 519 g/mol. The lowest BCUT2D eigenvalue weighted by atomic mass is 9.95. The molecule has 4 rings (SSSR count). The molecule has 3 aromatic rings. The highest BCUT2D eigenvalue weighted by Gasteiger charge is 2.45. The van der Waals surface area contributed by atoms with Crippen LogP contribution < -0.4 is 10.6 Å². The summed E-state index contributed by atoms with van der Waals surface area (Å²) in [5.41, 5.74) is 3.10. The second-order valence-electron chi connectivity index (χ2n) is 7.59. The summed E-state index contributed by atoms with van der Waals surface area (Å²) in [4.78, 5) is 8.38. The van der Waals surface area contributed by atoms with Crippen molar-refractivity contribution in [1.82, 2.24) is 20.2 Å². The van der Waals surface area contributed by atoms with Crippen molar-refractivity contribution in [3.05, 3.63) is 89.8 Å². The number of hydrogen-bond acceptors (Lipinski definition) is 2. The van der Waals surface area contributed by atoms with E-state index >= 15 is 0 Å².